The Kier molecular flexibility index (Phi) is 5.12. The van der Waals surface area contributed by atoms with Crippen molar-refractivity contribution >= 4 is 44.2 Å². The number of hydrogen-bond donors (Lipinski definition) is 2. The normalized spacial score (nSPS) is 28.6. The van der Waals surface area contributed by atoms with Crippen LogP contribution in [0, 0.1) is 0 Å². The molecular weight excluding hydrogens is 513 g/mol. The molecule has 3 aromatic rings. The summed E-state index contributed by atoms with van der Waals surface area (Å²) in [6.07, 6.45) is 3.40. The first kappa shape index (κ1) is 23.6. The summed E-state index contributed by atoms with van der Waals surface area (Å²) in [5.41, 5.74) is -0.240. The number of halogens is 1. The predicted octanol–water partition coefficient (Wildman–Crippen LogP) is 3.31. The summed E-state index contributed by atoms with van der Waals surface area (Å²) in [6.45, 7) is 1.35. The highest BCUT2D eigenvalue weighted by Gasteiger charge is 2.70. The molecule has 2 amide bonds. The van der Waals surface area contributed by atoms with Crippen molar-refractivity contribution in [2.24, 2.45) is 0 Å². The molecule has 2 N–H and O–H groups in total. The Hall–Kier alpha value is -3.51. The highest BCUT2D eigenvalue weighted by atomic mass is 32.1. The Morgan fingerprint density at radius 3 is 2.58 bits per heavy atom. The maximum atomic E-state index is 14.0. The van der Waals surface area contributed by atoms with Gasteiger partial charge in [0.15, 0.2) is 5.13 Å². The summed E-state index contributed by atoms with van der Waals surface area (Å²) in [5, 5.41) is 6.64. The van der Waals surface area contributed by atoms with Gasteiger partial charge in [-0.1, -0.05) is 11.3 Å². The molecule has 10 nitrogen and oxygen atoms in total. The lowest BCUT2D eigenvalue weighted by atomic mass is 9.47. The van der Waals surface area contributed by atoms with E-state index in [4.69, 9.17) is 19.2 Å². The van der Waals surface area contributed by atoms with Crippen LogP contribution in [0.1, 0.15) is 46.4 Å². The smallest absolute Gasteiger partial charge is 0.261 e. The minimum absolute atomic E-state index is 0.187. The van der Waals surface area contributed by atoms with Crippen LogP contribution < -0.4 is 25.0 Å². The quantitative estimate of drug-likeness (QED) is 0.470. The number of hydrogen-bond acceptors (Lipinski definition) is 9. The molecule has 2 aliphatic heterocycles. The van der Waals surface area contributed by atoms with Crippen molar-refractivity contribution in [2.75, 3.05) is 37.7 Å². The average molecular weight is 540 g/mol. The monoisotopic (exact) mass is 539 g/mol. The van der Waals surface area contributed by atoms with Crippen molar-refractivity contribution in [1.82, 2.24) is 15.3 Å². The minimum Gasteiger partial charge on any atom is -0.496 e. The lowest BCUT2D eigenvalue weighted by Gasteiger charge is -2.65. The average Bonchev–Trinajstić information content (AvgIpc) is 3.29. The number of rotatable bonds is 7. The fourth-order valence-electron chi connectivity index (χ4n) is 6.23. The molecule has 4 heterocycles. The summed E-state index contributed by atoms with van der Waals surface area (Å²) in [6, 6.07) is 5.62. The molecule has 1 aromatic carbocycles. The molecule has 0 radical (unpaired) electrons. The first-order valence-corrected chi connectivity index (χ1v) is 13.3. The second-order valence-electron chi connectivity index (χ2n) is 10.6. The molecule has 2 saturated heterocycles. The highest BCUT2D eigenvalue weighted by Crippen LogP contribution is 2.63. The maximum absolute atomic E-state index is 14.0. The summed E-state index contributed by atoms with van der Waals surface area (Å²) in [5.74, 6) is -0.251. The van der Waals surface area contributed by atoms with Gasteiger partial charge in [-0.3, -0.25) is 9.59 Å². The van der Waals surface area contributed by atoms with Gasteiger partial charge in [0.2, 0.25) is 5.88 Å². The van der Waals surface area contributed by atoms with Crippen molar-refractivity contribution in [1.29, 1.82) is 0 Å². The molecular formula is C26H26FN5O5S. The van der Waals surface area contributed by atoms with E-state index in [2.05, 4.69) is 20.5 Å². The van der Waals surface area contributed by atoms with E-state index in [-0.39, 0.29) is 17.1 Å². The number of ether oxygens (including phenoxy) is 3. The number of nitrogens with zero attached hydrogens (tertiary/aromatic N) is 3. The third kappa shape index (κ3) is 3.53. The fourth-order valence-corrected chi connectivity index (χ4v) is 7.48. The first-order valence-electron chi connectivity index (χ1n) is 12.5. The predicted molar refractivity (Wildman–Crippen MR) is 138 cm³/mol. The van der Waals surface area contributed by atoms with Crippen LogP contribution in [-0.2, 0) is 4.74 Å². The van der Waals surface area contributed by atoms with Crippen LogP contribution in [0.15, 0.2) is 24.4 Å². The van der Waals surface area contributed by atoms with E-state index in [1.807, 2.05) is 6.07 Å². The standard InChI is InChI=1S/C26H26FN5O5S/c1-35-18-4-3-16-21(38-24(30-16)32-13-5-14(32)9-37-8-13)20(18)23(34)29-17-7-28-19(36-2)6-15(17)22(33)31-26-10-25(27,11-26)12-26/h3-4,6-7,13-14H,5,8-12H2,1-2H3,(H,29,34)(H,31,33). The van der Waals surface area contributed by atoms with Gasteiger partial charge in [-0.15, -0.1) is 0 Å². The second-order valence-corrected chi connectivity index (χ2v) is 11.6. The van der Waals surface area contributed by atoms with E-state index in [1.165, 1.54) is 37.8 Å². The topological polar surface area (TPSA) is 115 Å². The first-order chi connectivity index (χ1) is 18.3. The molecule has 2 aromatic heterocycles. The number of morpholine rings is 1. The highest BCUT2D eigenvalue weighted by molar-refractivity contribution is 7.22. The molecule has 5 aliphatic rings. The van der Waals surface area contributed by atoms with Crippen LogP contribution >= 0.6 is 11.3 Å². The van der Waals surface area contributed by atoms with E-state index in [1.54, 1.807) is 6.07 Å². The lowest BCUT2D eigenvalue weighted by molar-refractivity contribution is -0.162. The number of alkyl halides is 1. The Balaban J connectivity index is 1.20. The second kappa shape index (κ2) is 8.24. The van der Waals surface area contributed by atoms with Gasteiger partial charge in [0.25, 0.3) is 11.8 Å². The van der Waals surface area contributed by atoms with Crippen LogP contribution in [-0.4, -0.2) is 72.5 Å². The third-order valence-corrected chi connectivity index (χ3v) is 9.15. The number of benzene rings is 1. The number of fused-ring (bicyclic) bond motifs is 3. The van der Waals surface area contributed by atoms with Gasteiger partial charge in [0.1, 0.15) is 17.0 Å². The Morgan fingerprint density at radius 1 is 1.16 bits per heavy atom. The number of aromatic nitrogens is 2. The number of nitrogens with one attached hydrogen (secondary N) is 2. The van der Waals surface area contributed by atoms with Gasteiger partial charge < -0.3 is 29.7 Å². The molecule has 5 fully saturated rings. The van der Waals surface area contributed by atoms with Gasteiger partial charge in [0, 0.05) is 30.9 Å². The summed E-state index contributed by atoms with van der Waals surface area (Å²) in [7, 11) is 2.95. The zero-order chi connectivity index (χ0) is 26.2. The number of methoxy groups -OCH3 is 2. The fraction of sp³-hybridized carbons (Fsp3) is 0.462. The van der Waals surface area contributed by atoms with Crippen molar-refractivity contribution in [3.63, 3.8) is 0 Å². The minimum atomic E-state index is -1.15. The summed E-state index contributed by atoms with van der Waals surface area (Å²) in [4.78, 5) is 38.2. The number of amides is 2. The molecule has 8 rings (SSSR count). The molecule has 12 heteroatoms. The molecule has 38 heavy (non-hydrogen) atoms. The Bertz CT molecular complexity index is 1460. The van der Waals surface area contributed by atoms with Crippen molar-refractivity contribution in [3.05, 3.63) is 35.5 Å². The van der Waals surface area contributed by atoms with Crippen molar-refractivity contribution in [3.8, 4) is 11.6 Å². The summed E-state index contributed by atoms with van der Waals surface area (Å²) < 4.78 is 31.1. The van der Waals surface area contributed by atoms with E-state index in [9.17, 15) is 14.0 Å². The molecule has 2 unspecified atom stereocenters. The van der Waals surface area contributed by atoms with Gasteiger partial charge >= 0.3 is 0 Å². The third-order valence-electron chi connectivity index (χ3n) is 8.05. The number of thiazole rings is 1. The molecule has 3 aliphatic carbocycles. The van der Waals surface area contributed by atoms with Crippen LogP contribution in [0.3, 0.4) is 0 Å². The lowest BCUT2D eigenvalue weighted by Crippen LogP contribution is -2.76. The van der Waals surface area contributed by atoms with Gasteiger partial charge in [-0.05, 0) is 18.6 Å². The van der Waals surface area contributed by atoms with Crippen molar-refractivity contribution in [2.45, 2.75) is 49.0 Å². The molecule has 198 valence electrons. The van der Waals surface area contributed by atoms with Gasteiger partial charge in [-0.2, -0.15) is 0 Å². The van der Waals surface area contributed by atoms with Crippen LogP contribution in [0.4, 0.5) is 15.2 Å². The zero-order valence-corrected chi connectivity index (χ0v) is 21.7. The van der Waals surface area contributed by atoms with Gasteiger partial charge in [-0.25, -0.2) is 14.4 Å². The van der Waals surface area contributed by atoms with Crippen LogP contribution in [0.2, 0.25) is 0 Å². The zero-order valence-electron chi connectivity index (χ0n) is 20.9. The molecule has 2 atom stereocenters. The van der Waals surface area contributed by atoms with E-state index in [0.717, 1.165) is 11.6 Å². The number of pyridine rings is 1. The van der Waals surface area contributed by atoms with Crippen LogP contribution in [0.5, 0.6) is 11.6 Å². The number of carbonyl (C=O) groups is 2. The molecule has 4 bridgehead atoms. The van der Waals surface area contributed by atoms with E-state index < -0.39 is 23.0 Å². The number of anilines is 2. The van der Waals surface area contributed by atoms with Gasteiger partial charge in [0.05, 0.1) is 67.2 Å². The SMILES string of the molecule is COc1cc(C(=O)NC23CC(F)(C2)C3)c(NC(=O)c2c(OC)ccc3nc(N4C5COCC4C5)sc23)cn1. The molecule has 0 spiro atoms. The number of carbonyl (C=O) groups excluding carboxylic acids is 2. The van der Waals surface area contributed by atoms with Crippen LogP contribution in [0.25, 0.3) is 10.2 Å². The van der Waals surface area contributed by atoms with E-state index >= 15 is 0 Å². The van der Waals surface area contributed by atoms with E-state index in [0.29, 0.717) is 66.1 Å². The summed E-state index contributed by atoms with van der Waals surface area (Å²) >= 11 is 1.44. The largest absolute Gasteiger partial charge is 0.496 e. The Morgan fingerprint density at radius 2 is 1.92 bits per heavy atom. The van der Waals surface area contributed by atoms with Crippen molar-refractivity contribution < 1.29 is 28.2 Å². The maximum Gasteiger partial charge on any atom is 0.261 e. The Labute approximate surface area is 221 Å². The molecule has 3 saturated carbocycles.